The van der Waals surface area contributed by atoms with Crippen LogP contribution in [0.2, 0.25) is 0 Å². The van der Waals surface area contributed by atoms with Gasteiger partial charge in [-0.3, -0.25) is 14.3 Å². The maximum atomic E-state index is 12.4. The van der Waals surface area contributed by atoms with E-state index in [-0.39, 0.29) is 0 Å². The first-order chi connectivity index (χ1) is 12.0. The summed E-state index contributed by atoms with van der Waals surface area (Å²) in [6.07, 6.45) is 0. The lowest BCUT2D eigenvalue weighted by molar-refractivity contribution is 0.414. The third-order valence-corrected chi connectivity index (χ3v) is 4.60. The highest BCUT2D eigenvalue weighted by atomic mass is 16.5. The summed E-state index contributed by atoms with van der Waals surface area (Å²) < 4.78 is 8.49. The molecule has 0 amide bonds. The highest BCUT2D eigenvalue weighted by Gasteiger charge is 2.28. The second-order valence-corrected chi connectivity index (χ2v) is 6.43. The van der Waals surface area contributed by atoms with Crippen LogP contribution in [-0.4, -0.2) is 32.8 Å². The van der Waals surface area contributed by atoms with Crippen molar-refractivity contribution < 1.29 is 4.74 Å². The summed E-state index contributed by atoms with van der Waals surface area (Å²) in [5.74, 6) is 1.77. The maximum Gasteiger partial charge on any atom is 0.329 e. The number of rotatable bonds is 2. The van der Waals surface area contributed by atoms with Crippen molar-refractivity contribution in [1.29, 1.82) is 0 Å². The van der Waals surface area contributed by atoms with Crippen molar-refractivity contribution in [3.63, 3.8) is 0 Å². The van der Waals surface area contributed by atoms with Crippen LogP contribution in [0.4, 0.5) is 11.6 Å². The molecule has 0 radical (unpaired) electrons. The van der Waals surface area contributed by atoms with Gasteiger partial charge in [-0.2, -0.15) is 4.98 Å². The molecule has 8 nitrogen and oxygen atoms in total. The van der Waals surface area contributed by atoms with Gasteiger partial charge in [-0.05, 0) is 30.2 Å². The third-order valence-electron chi connectivity index (χ3n) is 4.60. The van der Waals surface area contributed by atoms with Gasteiger partial charge in [-0.15, -0.1) is 0 Å². The van der Waals surface area contributed by atoms with Gasteiger partial charge >= 0.3 is 5.69 Å². The van der Waals surface area contributed by atoms with Crippen molar-refractivity contribution in [2.24, 2.45) is 13.0 Å². The monoisotopic (exact) mass is 341 g/mol. The Hall–Kier alpha value is -3.03. The lowest BCUT2D eigenvalue weighted by atomic mass is 10.1. The van der Waals surface area contributed by atoms with Crippen LogP contribution >= 0.6 is 0 Å². The SMILES string of the molecule is COc1ccc(N2C[C@H](C)Cn3c2nc2c3c(=O)[nH]c(=O)n2C)cc1. The summed E-state index contributed by atoms with van der Waals surface area (Å²) in [5, 5.41) is 0. The number of hydrogen-bond acceptors (Lipinski definition) is 5. The number of aryl methyl sites for hydroxylation is 1. The van der Waals surface area contributed by atoms with E-state index in [1.165, 1.54) is 4.57 Å². The Kier molecular flexibility index (Phi) is 3.41. The minimum atomic E-state index is -0.461. The second kappa shape index (κ2) is 5.51. The van der Waals surface area contributed by atoms with Gasteiger partial charge in [-0.1, -0.05) is 6.92 Å². The van der Waals surface area contributed by atoms with Gasteiger partial charge in [0.15, 0.2) is 11.2 Å². The molecule has 8 heteroatoms. The van der Waals surface area contributed by atoms with Gasteiger partial charge in [0.05, 0.1) is 7.11 Å². The number of H-pyrrole nitrogens is 1. The fourth-order valence-electron chi connectivity index (χ4n) is 3.35. The van der Waals surface area contributed by atoms with Crippen molar-refractivity contribution >= 4 is 22.8 Å². The molecule has 0 saturated heterocycles. The van der Waals surface area contributed by atoms with Gasteiger partial charge in [0, 0.05) is 25.8 Å². The minimum absolute atomic E-state index is 0.323. The number of hydrogen-bond donors (Lipinski definition) is 1. The van der Waals surface area contributed by atoms with E-state index in [1.54, 1.807) is 14.2 Å². The predicted octanol–water partition coefficient (Wildman–Crippen LogP) is 1.22. The average molecular weight is 341 g/mol. The molecule has 1 N–H and O–H groups in total. The number of aromatic amines is 1. The van der Waals surface area contributed by atoms with E-state index in [4.69, 9.17) is 4.74 Å². The van der Waals surface area contributed by atoms with E-state index in [2.05, 4.69) is 21.8 Å². The molecule has 1 atom stereocenters. The molecule has 2 aromatic heterocycles. The molecule has 0 aliphatic carbocycles. The van der Waals surface area contributed by atoms with Crippen LogP contribution in [0.5, 0.6) is 5.75 Å². The van der Waals surface area contributed by atoms with Crippen LogP contribution in [0.3, 0.4) is 0 Å². The summed E-state index contributed by atoms with van der Waals surface area (Å²) in [6, 6.07) is 7.71. The van der Waals surface area contributed by atoms with Crippen LogP contribution in [0.1, 0.15) is 6.92 Å². The van der Waals surface area contributed by atoms with Gasteiger partial charge < -0.3 is 14.2 Å². The van der Waals surface area contributed by atoms with Gasteiger partial charge in [0.1, 0.15) is 5.75 Å². The zero-order valence-corrected chi connectivity index (χ0v) is 14.3. The van der Waals surface area contributed by atoms with Crippen molar-refractivity contribution in [3.8, 4) is 5.75 Å². The van der Waals surface area contributed by atoms with Crippen LogP contribution in [0, 0.1) is 5.92 Å². The van der Waals surface area contributed by atoms with Crippen LogP contribution < -0.4 is 20.9 Å². The molecule has 25 heavy (non-hydrogen) atoms. The number of benzene rings is 1. The summed E-state index contributed by atoms with van der Waals surface area (Å²) in [7, 11) is 3.24. The van der Waals surface area contributed by atoms with Crippen LogP contribution in [-0.2, 0) is 13.6 Å². The quantitative estimate of drug-likeness (QED) is 0.757. The number of fused-ring (bicyclic) bond motifs is 3. The van der Waals surface area contributed by atoms with Crippen molar-refractivity contribution in [2.45, 2.75) is 13.5 Å². The Morgan fingerprint density at radius 3 is 2.60 bits per heavy atom. The van der Waals surface area contributed by atoms with E-state index in [0.29, 0.717) is 29.6 Å². The largest absolute Gasteiger partial charge is 0.497 e. The molecule has 0 saturated carbocycles. The molecule has 4 rings (SSSR count). The van der Waals surface area contributed by atoms with Gasteiger partial charge in [0.2, 0.25) is 5.95 Å². The molecule has 1 aromatic carbocycles. The molecule has 3 heterocycles. The molecule has 3 aromatic rings. The zero-order chi connectivity index (χ0) is 17.7. The summed E-state index contributed by atoms with van der Waals surface area (Å²) in [6.45, 7) is 3.59. The first-order valence-corrected chi connectivity index (χ1v) is 8.10. The van der Waals surface area contributed by atoms with E-state index >= 15 is 0 Å². The average Bonchev–Trinajstić information content (AvgIpc) is 2.99. The van der Waals surface area contributed by atoms with Gasteiger partial charge in [-0.25, -0.2) is 4.79 Å². The number of nitrogens with zero attached hydrogens (tertiary/aromatic N) is 4. The van der Waals surface area contributed by atoms with Crippen LogP contribution in [0.25, 0.3) is 11.2 Å². The number of imidazole rings is 1. The smallest absolute Gasteiger partial charge is 0.329 e. The van der Waals surface area contributed by atoms with E-state index < -0.39 is 11.2 Å². The molecule has 0 spiro atoms. The molecular weight excluding hydrogens is 322 g/mol. The number of nitrogens with one attached hydrogen (secondary N) is 1. The molecule has 0 bridgehead atoms. The summed E-state index contributed by atoms with van der Waals surface area (Å²) >= 11 is 0. The second-order valence-electron chi connectivity index (χ2n) is 6.43. The molecule has 0 unspecified atom stereocenters. The first-order valence-electron chi connectivity index (χ1n) is 8.10. The Morgan fingerprint density at radius 2 is 1.92 bits per heavy atom. The predicted molar refractivity (Wildman–Crippen MR) is 94.8 cm³/mol. The fourth-order valence-corrected chi connectivity index (χ4v) is 3.35. The van der Waals surface area contributed by atoms with E-state index in [0.717, 1.165) is 18.0 Å². The van der Waals surface area contributed by atoms with Crippen molar-refractivity contribution in [1.82, 2.24) is 19.1 Å². The van der Waals surface area contributed by atoms with E-state index in [9.17, 15) is 9.59 Å². The highest BCUT2D eigenvalue weighted by molar-refractivity contribution is 5.77. The van der Waals surface area contributed by atoms with Crippen molar-refractivity contribution in [2.75, 3.05) is 18.6 Å². The van der Waals surface area contributed by atoms with Crippen molar-refractivity contribution in [3.05, 3.63) is 45.1 Å². The normalized spacial score (nSPS) is 16.9. The number of methoxy groups -OCH3 is 1. The summed E-state index contributed by atoms with van der Waals surface area (Å²) in [5.41, 5.74) is 0.932. The Balaban J connectivity index is 1.95. The molecule has 1 aliphatic heterocycles. The Labute approximate surface area is 143 Å². The maximum absolute atomic E-state index is 12.4. The highest BCUT2D eigenvalue weighted by Crippen LogP contribution is 2.33. The number of ether oxygens (including phenoxy) is 1. The lowest BCUT2D eigenvalue weighted by Crippen LogP contribution is -2.35. The van der Waals surface area contributed by atoms with Crippen LogP contribution in [0.15, 0.2) is 33.9 Å². The molecule has 0 fully saturated rings. The fraction of sp³-hybridized carbons (Fsp3) is 0.353. The standard InChI is InChI=1S/C17H19N5O3/c1-10-8-21(11-4-6-12(25-3)7-5-11)16-18-14-13(22(16)9-10)15(23)19-17(24)20(14)2/h4-7,10H,8-9H2,1-3H3,(H,19,23,24)/t10-/m0/s1. The number of aromatic nitrogens is 4. The van der Waals surface area contributed by atoms with Gasteiger partial charge in [0.25, 0.3) is 5.56 Å². The summed E-state index contributed by atoms with van der Waals surface area (Å²) in [4.78, 5) is 33.3. The Morgan fingerprint density at radius 1 is 1.20 bits per heavy atom. The molecule has 130 valence electrons. The Bertz CT molecular complexity index is 1060. The molecular formula is C17H19N5O3. The zero-order valence-electron chi connectivity index (χ0n) is 14.3. The third kappa shape index (κ3) is 2.33. The van der Waals surface area contributed by atoms with E-state index in [1.807, 2.05) is 28.8 Å². The lowest BCUT2D eigenvalue weighted by Gasteiger charge is -2.32. The first kappa shape index (κ1) is 15.5. The number of anilines is 2. The molecule has 1 aliphatic rings. The minimum Gasteiger partial charge on any atom is -0.497 e. The topological polar surface area (TPSA) is 85.2 Å².